The third kappa shape index (κ3) is 5.32. The van der Waals surface area contributed by atoms with E-state index in [9.17, 15) is 13.6 Å². The highest BCUT2D eigenvalue weighted by molar-refractivity contribution is 7.99. The lowest BCUT2D eigenvalue weighted by Gasteiger charge is -2.20. The van der Waals surface area contributed by atoms with Crippen molar-refractivity contribution in [3.8, 4) is 5.75 Å². The maximum absolute atomic E-state index is 12.5. The van der Waals surface area contributed by atoms with Gasteiger partial charge in [0.25, 0.3) is 0 Å². The van der Waals surface area contributed by atoms with Gasteiger partial charge in [0.05, 0.1) is 11.8 Å². The molecule has 0 radical (unpaired) electrons. The number of carbonyl (C=O) groups is 1. The molecule has 3 rings (SSSR count). The predicted octanol–water partition coefficient (Wildman–Crippen LogP) is 4.02. The Bertz CT molecular complexity index is 901. The van der Waals surface area contributed by atoms with E-state index in [0.717, 1.165) is 16.3 Å². The number of imidazole rings is 1. The standard InChI is InChI=1S/C20H19F2N3O2S/c1-25-12-11-23-20(25)28-13-17(26)24-18(14-5-3-2-4-6-14)15-7-9-16(10-8-15)27-19(21)22/h2-12,18-19H,13H2,1H3,(H,24,26)/t18-/m1/s1. The molecule has 0 saturated carbocycles. The number of aromatic nitrogens is 2. The van der Waals surface area contributed by atoms with Crippen LogP contribution in [0.15, 0.2) is 72.1 Å². The number of alkyl halides is 2. The average Bonchev–Trinajstić information content (AvgIpc) is 3.10. The molecule has 1 N–H and O–H groups in total. The van der Waals surface area contributed by atoms with Gasteiger partial charge in [-0.25, -0.2) is 4.98 Å². The van der Waals surface area contributed by atoms with Crippen molar-refractivity contribution >= 4 is 17.7 Å². The number of ether oxygens (including phenoxy) is 1. The van der Waals surface area contributed by atoms with E-state index in [0.29, 0.717) is 0 Å². The molecule has 0 aliphatic rings. The lowest BCUT2D eigenvalue weighted by atomic mass is 9.98. The van der Waals surface area contributed by atoms with Gasteiger partial charge in [0.1, 0.15) is 5.75 Å². The molecule has 0 unspecified atom stereocenters. The Balaban J connectivity index is 1.74. The number of nitrogens with zero attached hydrogens (tertiary/aromatic N) is 2. The van der Waals surface area contributed by atoms with Crippen LogP contribution in [0.4, 0.5) is 8.78 Å². The van der Waals surface area contributed by atoms with Crippen LogP contribution in [-0.2, 0) is 11.8 Å². The van der Waals surface area contributed by atoms with Gasteiger partial charge in [-0.1, -0.05) is 54.2 Å². The highest BCUT2D eigenvalue weighted by Crippen LogP contribution is 2.25. The maximum atomic E-state index is 12.5. The minimum absolute atomic E-state index is 0.0715. The zero-order valence-electron chi connectivity index (χ0n) is 15.1. The Labute approximate surface area is 165 Å². The molecule has 146 valence electrons. The molecule has 0 spiro atoms. The first-order chi connectivity index (χ1) is 13.5. The Morgan fingerprint density at radius 3 is 2.43 bits per heavy atom. The van der Waals surface area contributed by atoms with E-state index in [4.69, 9.17) is 0 Å². The Kier molecular flexibility index (Phi) is 6.65. The molecule has 2 aromatic carbocycles. The Hall–Kier alpha value is -2.87. The zero-order chi connectivity index (χ0) is 19.9. The number of rotatable bonds is 8. The normalized spacial score (nSPS) is 12.0. The monoisotopic (exact) mass is 403 g/mol. The number of thioether (sulfide) groups is 1. The Morgan fingerprint density at radius 2 is 1.82 bits per heavy atom. The van der Waals surface area contributed by atoms with Gasteiger partial charge in [0.2, 0.25) is 5.91 Å². The van der Waals surface area contributed by atoms with E-state index in [1.807, 2.05) is 48.1 Å². The minimum Gasteiger partial charge on any atom is -0.435 e. The number of hydrogen-bond acceptors (Lipinski definition) is 4. The quantitative estimate of drug-likeness (QED) is 0.577. The van der Waals surface area contributed by atoms with Gasteiger partial charge >= 0.3 is 6.61 Å². The topological polar surface area (TPSA) is 56.2 Å². The van der Waals surface area contributed by atoms with Gasteiger partial charge in [0.15, 0.2) is 5.16 Å². The number of amides is 1. The van der Waals surface area contributed by atoms with Gasteiger partial charge in [-0.15, -0.1) is 0 Å². The van der Waals surface area contributed by atoms with Crippen LogP contribution < -0.4 is 10.1 Å². The van der Waals surface area contributed by atoms with Crippen molar-refractivity contribution in [1.29, 1.82) is 0 Å². The van der Waals surface area contributed by atoms with Crippen LogP contribution in [-0.4, -0.2) is 27.8 Å². The van der Waals surface area contributed by atoms with Gasteiger partial charge < -0.3 is 14.6 Å². The Morgan fingerprint density at radius 1 is 1.14 bits per heavy atom. The second kappa shape index (κ2) is 9.36. The third-order valence-corrected chi connectivity index (χ3v) is 5.04. The molecule has 0 fully saturated rings. The summed E-state index contributed by atoms with van der Waals surface area (Å²) in [6.07, 6.45) is 3.49. The van der Waals surface area contributed by atoms with Crippen molar-refractivity contribution in [3.63, 3.8) is 0 Å². The van der Waals surface area contributed by atoms with E-state index in [1.165, 1.54) is 23.9 Å². The van der Waals surface area contributed by atoms with Crippen molar-refractivity contribution in [2.24, 2.45) is 7.05 Å². The molecule has 0 aliphatic carbocycles. The number of halogens is 2. The van der Waals surface area contributed by atoms with Crippen LogP contribution in [0.1, 0.15) is 17.2 Å². The molecule has 1 atom stereocenters. The molecule has 0 bridgehead atoms. The molecule has 3 aromatic rings. The lowest BCUT2D eigenvalue weighted by molar-refractivity contribution is -0.119. The molecule has 28 heavy (non-hydrogen) atoms. The third-order valence-electron chi connectivity index (χ3n) is 3.99. The summed E-state index contributed by atoms with van der Waals surface area (Å²) in [7, 11) is 1.86. The van der Waals surface area contributed by atoms with Gasteiger partial charge in [0, 0.05) is 19.4 Å². The smallest absolute Gasteiger partial charge is 0.387 e. The van der Waals surface area contributed by atoms with Crippen molar-refractivity contribution in [1.82, 2.24) is 14.9 Å². The second-order valence-corrected chi connectivity index (χ2v) is 6.91. The summed E-state index contributed by atoms with van der Waals surface area (Å²) in [5.74, 6) is 0.123. The first-order valence-corrected chi connectivity index (χ1v) is 9.50. The molecule has 1 heterocycles. The fourth-order valence-corrected chi connectivity index (χ4v) is 3.41. The fraction of sp³-hybridized carbons (Fsp3) is 0.200. The minimum atomic E-state index is -2.88. The van der Waals surface area contributed by atoms with Gasteiger partial charge in [-0.3, -0.25) is 4.79 Å². The lowest BCUT2D eigenvalue weighted by Crippen LogP contribution is -2.30. The average molecular weight is 403 g/mol. The molecule has 1 aromatic heterocycles. The van der Waals surface area contributed by atoms with Crippen molar-refractivity contribution < 1.29 is 18.3 Å². The fourth-order valence-electron chi connectivity index (χ4n) is 2.67. The maximum Gasteiger partial charge on any atom is 0.387 e. The van der Waals surface area contributed by atoms with E-state index in [-0.39, 0.29) is 17.4 Å². The largest absolute Gasteiger partial charge is 0.435 e. The SMILES string of the molecule is Cn1ccnc1SCC(=O)N[C@H](c1ccccc1)c1ccc(OC(F)F)cc1. The summed E-state index contributed by atoms with van der Waals surface area (Å²) in [4.78, 5) is 16.7. The predicted molar refractivity (Wildman–Crippen MR) is 103 cm³/mol. The summed E-state index contributed by atoms with van der Waals surface area (Å²) in [6.45, 7) is -2.88. The summed E-state index contributed by atoms with van der Waals surface area (Å²) in [5, 5.41) is 3.76. The molecule has 0 saturated heterocycles. The highest BCUT2D eigenvalue weighted by Gasteiger charge is 2.18. The number of hydrogen-bond donors (Lipinski definition) is 1. The molecule has 8 heteroatoms. The van der Waals surface area contributed by atoms with E-state index >= 15 is 0 Å². The van der Waals surface area contributed by atoms with Crippen molar-refractivity contribution in [2.45, 2.75) is 17.8 Å². The van der Waals surface area contributed by atoms with Crippen LogP contribution in [0.2, 0.25) is 0 Å². The number of carbonyl (C=O) groups excluding carboxylic acids is 1. The molecular formula is C20H19F2N3O2S. The van der Waals surface area contributed by atoms with Crippen LogP contribution in [0, 0.1) is 0 Å². The van der Waals surface area contributed by atoms with Crippen LogP contribution in [0.25, 0.3) is 0 Å². The summed E-state index contributed by atoms with van der Waals surface area (Å²) in [6, 6.07) is 15.3. The van der Waals surface area contributed by atoms with Crippen LogP contribution in [0.3, 0.4) is 0 Å². The van der Waals surface area contributed by atoms with E-state index in [1.54, 1.807) is 18.3 Å². The van der Waals surface area contributed by atoms with Crippen LogP contribution in [0.5, 0.6) is 5.75 Å². The number of aryl methyl sites for hydroxylation is 1. The first-order valence-electron chi connectivity index (χ1n) is 8.52. The zero-order valence-corrected chi connectivity index (χ0v) is 15.9. The van der Waals surface area contributed by atoms with Gasteiger partial charge in [-0.2, -0.15) is 8.78 Å². The molecule has 0 aliphatic heterocycles. The van der Waals surface area contributed by atoms with E-state index < -0.39 is 12.7 Å². The van der Waals surface area contributed by atoms with Gasteiger partial charge in [-0.05, 0) is 23.3 Å². The second-order valence-electron chi connectivity index (χ2n) is 5.97. The molecule has 5 nitrogen and oxygen atoms in total. The number of nitrogens with one attached hydrogen (secondary N) is 1. The highest BCUT2D eigenvalue weighted by atomic mass is 32.2. The summed E-state index contributed by atoms with van der Waals surface area (Å²) < 4.78 is 31.0. The first kappa shape index (κ1) is 19.9. The van der Waals surface area contributed by atoms with E-state index in [2.05, 4.69) is 15.0 Å². The summed E-state index contributed by atoms with van der Waals surface area (Å²) in [5.41, 5.74) is 1.66. The molecular weight excluding hydrogens is 384 g/mol. The van der Waals surface area contributed by atoms with Crippen molar-refractivity contribution in [3.05, 3.63) is 78.1 Å². The van der Waals surface area contributed by atoms with Crippen LogP contribution >= 0.6 is 11.8 Å². The molecule has 1 amide bonds. The number of benzene rings is 2. The summed E-state index contributed by atoms with van der Waals surface area (Å²) >= 11 is 1.34. The van der Waals surface area contributed by atoms with Crippen molar-refractivity contribution in [2.75, 3.05) is 5.75 Å².